The summed E-state index contributed by atoms with van der Waals surface area (Å²) in [5, 5.41) is 11.3. The number of fused-ring (bicyclic) bond motifs is 1. The van der Waals surface area contributed by atoms with E-state index in [0.717, 1.165) is 16.5 Å². The Labute approximate surface area is 153 Å². The van der Waals surface area contributed by atoms with Crippen LogP contribution in [0, 0.1) is 11.3 Å². The van der Waals surface area contributed by atoms with Crippen molar-refractivity contribution in [1.29, 1.82) is 5.26 Å². The maximum Gasteiger partial charge on any atom is 0.267 e. The standard InChI is InChI=1S/C22H20N2O2/c1-3-24(20-13-8-11-17-9-4-6-12-19(17)20)22(25)16(2)26-21-14-7-5-10-18(21)15-23/h4-14,16H,3H2,1-2H3. The van der Waals surface area contributed by atoms with Gasteiger partial charge >= 0.3 is 0 Å². The number of nitrogens with zero attached hydrogens (tertiary/aromatic N) is 2. The molecule has 0 fully saturated rings. The molecule has 0 saturated heterocycles. The summed E-state index contributed by atoms with van der Waals surface area (Å²) in [6, 6.07) is 22.9. The number of hydrogen-bond acceptors (Lipinski definition) is 3. The fourth-order valence-electron chi connectivity index (χ4n) is 3.01. The van der Waals surface area contributed by atoms with E-state index in [2.05, 4.69) is 6.07 Å². The molecule has 0 N–H and O–H groups in total. The number of para-hydroxylation sites is 1. The van der Waals surface area contributed by atoms with Crippen LogP contribution in [0.2, 0.25) is 0 Å². The lowest BCUT2D eigenvalue weighted by atomic mass is 10.1. The Bertz CT molecular complexity index is 970. The summed E-state index contributed by atoms with van der Waals surface area (Å²) in [5.74, 6) is 0.279. The molecule has 4 heteroatoms. The van der Waals surface area contributed by atoms with E-state index in [1.54, 1.807) is 36.1 Å². The zero-order valence-corrected chi connectivity index (χ0v) is 14.8. The van der Waals surface area contributed by atoms with E-state index in [4.69, 9.17) is 4.74 Å². The summed E-state index contributed by atoms with van der Waals surface area (Å²) in [6.07, 6.45) is -0.705. The highest BCUT2D eigenvalue weighted by Gasteiger charge is 2.24. The second-order valence-corrected chi connectivity index (χ2v) is 5.95. The SMILES string of the molecule is CCN(C(=O)C(C)Oc1ccccc1C#N)c1cccc2ccccc12. The van der Waals surface area contributed by atoms with Gasteiger partial charge in [0.05, 0.1) is 11.3 Å². The third-order valence-corrected chi connectivity index (χ3v) is 4.30. The van der Waals surface area contributed by atoms with Crippen molar-refractivity contribution in [2.45, 2.75) is 20.0 Å². The maximum absolute atomic E-state index is 13.0. The number of benzene rings is 3. The topological polar surface area (TPSA) is 53.3 Å². The van der Waals surface area contributed by atoms with Crippen molar-refractivity contribution in [1.82, 2.24) is 0 Å². The number of anilines is 1. The van der Waals surface area contributed by atoms with Gasteiger partial charge in [-0.3, -0.25) is 4.79 Å². The highest BCUT2D eigenvalue weighted by molar-refractivity contribution is 6.05. The van der Waals surface area contributed by atoms with Crippen LogP contribution in [0.3, 0.4) is 0 Å². The fraction of sp³-hybridized carbons (Fsp3) is 0.182. The molecule has 1 unspecified atom stereocenters. The lowest BCUT2D eigenvalue weighted by Crippen LogP contribution is -2.40. The summed E-state index contributed by atoms with van der Waals surface area (Å²) in [7, 11) is 0. The molecule has 0 radical (unpaired) electrons. The molecule has 3 rings (SSSR count). The van der Waals surface area contributed by atoms with Gasteiger partial charge in [0.15, 0.2) is 6.10 Å². The minimum absolute atomic E-state index is 0.142. The van der Waals surface area contributed by atoms with Gasteiger partial charge in [0.2, 0.25) is 0 Å². The number of carbonyl (C=O) groups is 1. The third kappa shape index (κ3) is 3.38. The Morgan fingerprint density at radius 3 is 2.54 bits per heavy atom. The minimum Gasteiger partial charge on any atom is -0.479 e. The molecule has 0 heterocycles. The van der Waals surface area contributed by atoms with E-state index in [-0.39, 0.29) is 5.91 Å². The monoisotopic (exact) mass is 344 g/mol. The zero-order chi connectivity index (χ0) is 18.5. The zero-order valence-electron chi connectivity index (χ0n) is 14.8. The maximum atomic E-state index is 13.0. The first-order valence-electron chi connectivity index (χ1n) is 8.60. The van der Waals surface area contributed by atoms with Crippen LogP contribution >= 0.6 is 0 Å². The second-order valence-electron chi connectivity index (χ2n) is 5.95. The molecular weight excluding hydrogens is 324 g/mol. The van der Waals surface area contributed by atoms with Crippen LogP contribution < -0.4 is 9.64 Å². The number of hydrogen-bond donors (Lipinski definition) is 0. The average Bonchev–Trinajstić information content (AvgIpc) is 2.69. The van der Waals surface area contributed by atoms with Gasteiger partial charge < -0.3 is 9.64 Å². The van der Waals surface area contributed by atoms with Crippen molar-refractivity contribution in [3.05, 3.63) is 72.3 Å². The van der Waals surface area contributed by atoms with Crippen LogP contribution in [0.25, 0.3) is 10.8 Å². The lowest BCUT2D eigenvalue weighted by Gasteiger charge is -2.26. The largest absolute Gasteiger partial charge is 0.479 e. The Balaban J connectivity index is 1.90. The summed E-state index contributed by atoms with van der Waals surface area (Å²) < 4.78 is 5.80. The molecule has 4 nitrogen and oxygen atoms in total. The minimum atomic E-state index is -0.705. The van der Waals surface area contributed by atoms with Gasteiger partial charge in [-0.15, -0.1) is 0 Å². The van der Waals surface area contributed by atoms with E-state index in [0.29, 0.717) is 17.9 Å². The van der Waals surface area contributed by atoms with Crippen LogP contribution in [0.1, 0.15) is 19.4 Å². The van der Waals surface area contributed by atoms with E-state index >= 15 is 0 Å². The first kappa shape index (κ1) is 17.5. The van der Waals surface area contributed by atoms with Crippen LogP contribution in [-0.2, 0) is 4.79 Å². The predicted octanol–water partition coefficient (Wildman–Crippen LogP) is 4.53. The van der Waals surface area contributed by atoms with Crippen LogP contribution in [0.5, 0.6) is 5.75 Å². The first-order valence-corrected chi connectivity index (χ1v) is 8.60. The molecule has 0 spiro atoms. The van der Waals surface area contributed by atoms with Crippen molar-refractivity contribution >= 4 is 22.4 Å². The van der Waals surface area contributed by atoms with E-state index in [1.165, 1.54) is 0 Å². The molecule has 3 aromatic rings. The summed E-state index contributed by atoms with van der Waals surface area (Å²) in [5.41, 5.74) is 1.28. The fourth-order valence-corrected chi connectivity index (χ4v) is 3.01. The molecule has 3 aromatic carbocycles. The molecule has 130 valence electrons. The Morgan fingerprint density at radius 2 is 1.77 bits per heavy atom. The Morgan fingerprint density at radius 1 is 1.08 bits per heavy atom. The van der Waals surface area contributed by atoms with Crippen molar-refractivity contribution in [3.8, 4) is 11.8 Å². The molecular formula is C22H20N2O2. The number of nitriles is 1. The predicted molar refractivity (Wildman–Crippen MR) is 103 cm³/mol. The quantitative estimate of drug-likeness (QED) is 0.683. The van der Waals surface area contributed by atoms with Gasteiger partial charge in [0.25, 0.3) is 5.91 Å². The molecule has 0 aliphatic rings. The van der Waals surface area contributed by atoms with Crippen LogP contribution in [0.4, 0.5) is 5.69 Å². The van der Waals surface area contributed by atoms with Crippen molar-refractivity contribution in [2.24, 2.45) is 0 Å². The van der Waals surface area contributed by atoms with Gasteiger partial charge in [0.1, 0.15) is 11.8 Å². The van der Waals surface area contributed by atoms with Gasteiger partial charge in [-0.1, -0.05) is 48.5 Å². The highest BCUT2D eigenvalue weighted by atomic mass is 16.5. The smallest absolute Gasteiger partial charge is 0.267 e. The van der Waals surface area contributed by atoms with Crippen LogP contribution in [-0.4, -0.2) is 18.6 Å². The molecule has 1 amide bonds. The molecule has 0 aliphatic carbocycles. The molecule has 0 saturated carbocycles. The average molecular weight is 344 g/mol. The summed E-state index contributed by atoms with van der Waals surface area (Å²) >= 11 is 0. The second kappa shape index (κ2) is 7.71. The number of amides is 1. The van der Waals surface area contributed by atoms with Crippen LogP contribution in [0.15, 0.2) is 66.7 Å². The number of rotatable bonds is 5. The van der Waals surface area contributed by atoms with E-state index in [9.17, 15) is 10.1 Å². The Hall–Kier alpha value is -3.32. The molecule has 0 aliphatic heterocycles. The molecule has 26 heavy (non-hydrogen) atoms. The van der Waals surface area contributed by atoms with E-state index in [1.807, 2.05) is 49.4 Å². The lowest BCUT2D eigenvalue weighted by molar-refractivity contribution is -0.124. The van der Waals surface area contributed by atoms with Crippen molar-refractivity contribution in [3.63, 3.8) is 0 Å². The third-order valence-electron chi connectivity index (χ3n) is 4.30. The van der Waals surface area contributed by atoms with Crippen molar-refractivity contribution < 1.29 is 9.53 Å². The number of ether oxygens (including phenoxy) is 1. The van der Waals surface area contributed by atoms with Gasteiger partial charge in [-0.05, 0) is 37.4 Å². The molecule has 0 aromatic heterocycles. The number of carbonyl (C=O) groups excluding carboxylic acids is 1. The van der Waals surface area contributed by atoms with Crippen molar-refractivity contribution in [2.75, 3.05) is 11.4 Å². The Kier molecular flexibility index (Phi) is 5.19. The summed E-state index contributed by atoms with van der Waals surface area (Å²) in [4.78, 5) is 14.8. The number of likely N-dealkylation sites (N-methyl/N-ethyl adjacent to an activating group) is 1. The van der Waals surface area contributed by atoms with E-state index < -0.39 is 6.10 Å². The van der Waals surface area contributed by atoms with Gasteiger partial charge in [-0.2, -0.15) is 5.26 Å². The summed E-state index contributed by atoms with van der Waals surface area (Å²) in [6.45, 7) is 4.18. The molecule has 1 atom stereocenters. The van der Waals surface area contributed by atoms with Gasteiger partial charge in [-0.25, -0.2) is 0 Å². The molecule has 0 bridgehead atoms. The first-order chi connectivity index (χ1) is 12.7. The van der Waals surface area contributed by atoms with Gasteiger partial charge in [0, 0.05) is 11.9 Å². The highest BCUT2D eigenvalue weighted by Crippen LogP contribution is 2.28. The normalized spacial score (nSPS) is 11.6.